The summed E-state index contributed by atoms with van der Waals surface area (Å²) in [5.74, 6) is 1.80. The van der Waals surface area contributed by atoms with Crippen molar-refractivity contribution in [2.45, 2.75) is 19.9 Å². The van der Waals surface area contributed by atoms with Crippen molar-refractivity contribution in [2.75, 3.05) is 14.2 Å². The zero-order valence-corrected chi connectivity index (χ0v) is 12.3. The van der Waals surface area contributed by atoms with Crippen molar-refractivity contribution in [1.29, 1.82) is 0 Å². The Morgan fingerprint density at radius 3 is 2.20 bits per heavy atom. The molecule has 1 aromatic carbocycles. The van der Waals surface area contributed by atoms with Crippen LogP contribution in [0.25, 0.3) is 5.69 Å². The molecule has 1 heterocycles. The fourth-order valence-electron chi connectivity index (χ4n) is 2.04. The fourth-order valence-corrected chi connectivity index (χ4v) is 2.04. The van der Waals surface area contributed by atoms with Gasteiger partial charge in [0, 0.05) is 24.2 Å². The molecule has 2 rings (SSSR count). The van der Waals surface area contributed by atoms with Crippen molar-refractivity contribution >= 4 is 0 Å². The number of nitrogens with two attached hydrogens (primary N) is 1. The zero-order valence-electron chi connectivity index (χ0n) is 12.3. The Kier molecular flexibility index (Phi) is 4.29. The first-order valence-electron chi connectivity index (χ1n) is 6.58. The van der Waals surface area contributed by atoms with Gasteiger partial charge in [0.25, 0.3) is 0 Å². The lowest BCUT2D eigenvalue weighted by Gasteiger charge is -2.18. The molecule has 0 spiro atoms. The molecule has 0 radical (unpaired) electrons. The predicted octanol–water partition coefficient (Wildman–Crippen LogP) is 2.55. The van der Waals surface area contributed by atoms with Crippen LogP contribution in [0.5, 0.6) is 11.5 Å². The number of ether oxygens (including phenoxy) is 2. The summed E-state index contributed by atoms with van der Waals surface area (Å²) in [6.07, 6.45) is 3.56. The molecule has 0 aliphatic heterocycles. The van der Waals surface area contributed by atoms with Crippen LogP contribution in [-0.4, -0.2) is 23.8 Å². The normalized spacial score (nSPS) is 12.5. The summed E-state index contributed by atoms with van der Waals surface area (Å²) >= 11 is 0. The molecule has 108 valence electrons. The third-order valence-corrected chi connectivity index (χ3v) is 3.34. The SMILES string of the molecule is COc1cc(OC)cc(-n2cncc2C(N)C(C)C)c1. The second-order valence-corrected chi connectivity index (χ2v) is 5.03. The van der Waals surface area contributed by atoms with E-state index >= 15 is 0 Å². The van der Waals surface area contributed by atoms with Gasteiger partial charge in [-0.05, 0) is 5.92 Å². The van der Waals surface area contributed by atoms with Gasteiger partial charge in [0.1, 0.15) is 11.5 Å². The molecule has 0 aliphatic carbocycles. The molecule has 0 amide bonds. The van der Waals surface area contributed by atoms with Crippen LogP contribution < -0.4 is 15.2 Å². The number of methoxy groups -OCH3 is 2. The molecule has 5 nitrogen and oxygen atoms in total. The minimum atomic E-state index is -0.0744. The molecule has 1 aromatic heterocycles. The second kappa shape index (κ2) is 5.96. The molecular weight excluding hydrogens is 254 g/mol. The zero-order chi connectivity index (χ0) is 14.7. The highest BCUT2D eigenvalue weighted by Gasteiger charge is 2.16. The van der Waals surface area contributed by atoms with Crippen molar-refractivity contribution in [3.8, 4) is 17.2 Å². The van der Waals surface area contributed by atoms with Crippen LogP contribution in [0.4, 0.5) is 0 Å². The van der Waals surface area contributed by atoms with E-state index in [1.807, 2.05) is 22.8 Å². The maximum Gasteiger partial charge on any atom is 0.124 e. The van der Waals surface area contributed by atoms with Gasteiger partial charge in [-0.1, -0.05) is 13.8 Å². The Bertz CT molecular complexity index is 556. The number of rotatable bonds is 5. The van der Waals surface area contributed by atoms with Crippen LogP contribution in [0.2, 0.25) is 0 Å². The minimum Gasteiger partial charge on any atom is -0.497 e. The molecule has 1 atom stereocenters. The van der Waals surface area contributed by atoms with E-state index in [4.69, 9.17) is 15.2 Å². The van der Waals surface area contributed by atoms with Gasteiger partial charge < -0.3 is 19.8 Å². The van der Waals surface area contributed by atoms with Crippen LogP contribution in [-0.2, 0) is 0 Å². The van der Waals surface area contributed by atoms with Gasteiger partial charge in [-0.2, -0.15) is 0 Å². The topological polar surface area (TPSA) is 62.3 Å². The summed E-state index contributed by atoms with van der Waals surface area (Å²) in [5, 5.41) is 0. The summed E-state index contributed by atoms with van der Waals surface area (Å²) < 4.78 is 12.6. The Balaban J connectivity index is 2.49. The van der Waals surface area contributed by atoms with Crippen LogP contribution in [0, 0.1) is 5.92 Å². The summed E-state index contributed by atoms with van der Waals surface area (Å²) in [6, 6.07) is 5.62. The number of hydrogen-bond acceptors (Lipinski definition) is 4. The van der Waals surface area contributed by atoms with Crippen LogP contribution >= 0.6 is 0 Å². The summed E-state index contributed by atoms with van der Waals surface area (Å²) in [5.41, 5.74) is 8.13. The predicted molar refractivity (Wildman–Crippen MR) is 78.4 cm³/mol. The Labute approximate surface area is 119 Å². The molecule has 0 fully saturated rings. The lowest BCUT2D eigenvalue weighted by Crippen LogP contribution is -2.19. The van der Waals surface area contributed by atoms with Crippen molar-refractivity contribution in [2.24, 2.45) is 11.7 Å². The van der Waals surface area contributed by atoms with E-state index in [1.165, 1.54) is 0 Å². The minimum absolute atomic E-state index is 0.0744. The standard InChI is InChI=1S/C15H21N3O2/c1-10(2)15(16)14-8-17-9-18(14)11-5-12(19-3)7-13(6-11)20-4/h5-10,15H,16H2,1-4H3. The van der Waals surface area contributed by atoms with E-state index in [-0.39, 0.29) is 6.04 Å². The molecule has 0 bridgehead atoms. The molecular formula is C15H21N3O2. The highest BCUT2D eigenvalue weighted by Crippen LogP contribution is 2.28. The third-order valence-electron chi connectivity index (χ3n) is 3.34. The maximum absolute atomic E-state index is 6.24. The molecule has 0 saturated heterocycles. The molecule has 20 heavy (non-hydrogen) atoms. The van der Waals surface area contributed by atoms with Gasteiger partial charge in [0.05, 0.1) is 38.1 Å². The molecule has 2 aromatic rings. The van der Waals surface area contributed by atoms with Gasteiger partial charge in [0.2, 0.25) is 0 Å². The third kappa shape index (κ3) is 2.77. The van der Waals surface area contributed by atoms with Crippen molar-refractivity contribution in [3.63, 3.8) is 0 Å². The van der Waals surface area contributed by atoms with Gasteiger partial charge in [-0.3, -0.25) is 0 Å². The number of aromatic nitrogens is 2. The van der Waals surface area contributed by atoms with Gasteiger partial charge >= 0.3 is 0 Å². The molecule has 2 N–H and O–H groups in total. The lowest BCUT2D eigenvalue weighted by atomic mass is 10.0. The number of nitrogens with zero attached hydrogens (tertiary/aromatic N) is 2. The van der Waals surface area contributed by atoms with E-state index in [0.717, 1.165) is 22.9 Å². The summed E-state index contributed by atoms with van der Waals surface area (Å²) in [6.45, 7) is 4.18. The lowest BCUT2D eigenvalue weighted by molar-refractivity contribution is 0.394. The molecule has 0 saturated carbocycles. The van der Waals surface area contributed by atoms with Crippen molar-refractivity contribution < 1.29 is 9.47 Å². The van der Waals surface area contributed by atoms with Crippen molar-refractivity contribution in [1.82, 2.24) is 9.55 Å². The first kappa shape index (κ1) is 14.4. The highest BCUT2D eigenvalue weighted by atomic mass is 16.5. The van der Waals surface area contributed by atoms with E-state index in [2.05, 4.69) is 18.8 Å². The van der Waals surface area contributed by atoms with E-state index in [0.29, 0.717) is 5.92 Å². The quantitative estimate of drug-likeness (QED) is 0.911. The van der Waals surface area contributed by atoms with E-state index < -0.39 is 0 Å². The molecule has 0 aliphatic rings. The number of benzene rings is 1. The Hall–Kier alpha value is -2.01. The van der Waals surface area contributed by atoms with Gasteiger partial charge in [-0.15, -0.1) is 0 Å². The van der Waals surface area contributed by atoms with E-state index in [1.54, 1.807) is 26.7 Å². The fraction of sp³-hybridized carbons (Fsp3) is 0.400. The summed E-state index contributed by atoms with van der Waals surface area (Å²) in [4.78, 5) is 4.21. The Morgan fingerprint density at radius 1 is 1.10 bits per heavy atom. The molecule has 1 unspecified atom stereocenters. The van der Waals surface area contributed by atoms with Gasteiger partial charge in [0.15, 0.2) is 0 Å². The average Bonchev–Trinajstić information content (AvgIpc) is 2.94. The van der Waals surface area contributed by atoms with Crippen LogP contribution in [0.15, 0.2) is 30.7 Å². The molecule has 5 heteroatoms. The second-order valence-electron chi connectivity index (χ2n) is 5.03. The van der Waals surface area contributed by atoms with Gasteiger partial charge in [-0.25, -0.2) is 4.98 Å². The number of imidazole rings is 1. The van der Waals surface area contributed by atoms with Crippen molar-refractivity contribution in [3.05, 3.63) is 36.4 Å². The smallest absolute Gasteiger partial charge is 0.124 e. The average molecular weight is 275 g/mol. The Morgan fingerprint density at radius 2 is 1.70 bits per heavy atom. The monoisotopic (exact) mass is 275 g/mol. The van der Waals surface area contributed by atoms with Crippen LogP contribution in [0.1, 0.15) is 25.6 Å². The number of hydrogen-bond donors (Lipinski definition) is 1. The first-order valence-corrected chi connectivity index (χ1v) is 6.58. The largest absolute Gasteiger partial charge is 0.497 e. The van der Waals surface area contributed by atoms with E-state index in [9.17, 15) is 0 Å². The maximum atomic E-state index is 6.24. The highest BCUT2D eigenvalue weighted by molar-refractivity contribution is 5.47. The summed E-state index contributed by atoms with van der Waals surface area (Å²) in [7, 11) is 3.26. The van der Waals surface area contributed by atoms with Crippen LogP contribution in [0.3, 0.4) is 0 Å². The first-order chi connectivity index (χ1) is 9.56.